The first kappa shape index (κ1) is 21.6. The molecule has 2 heterocycles. The number of hydrogen-bond donors (Lipinski definition) is 2. The van der Waals surface area contributed by atoms with E-state index in [1.165, 1.54) is 12.1 Å². The molecule has 8 nitrogen and oxygen atoms in total. The number of primary amides is 1. The molecule has 2 amide bonds. The molecule has 3 N–H and O–H groups in total. The maximum atomic E-state index is 13.0. The molecule has 0 bridgehead atoms. The van der Waals surface area contributed by atoms with Gasteiger partial charge in [-0.2, -0.15) is 4.98 Å². The summed E-state index contributed by atoms with van der Waals surface area (Å²) in [5.74, 6) is -0.134. The van der Waals surface area contributed by atoms with Crippen molar-refractivity contribution in [3.05, 3.63) is 65.8 Å². The van der Waals surface area contributed by atoms with Gasteiger partial charge in [-0.3, -0.25) is 14.5 Å². The SMILES string of the molecule is NC(=O)C1CCCN1Cc1cccc(NC(=O)CCc2nc(-c3ccc(F)cc3)no2)c1. The van der Waals surface area contributed by atoms with Gasteiger partial charge in [0, 0.05) is 30.6 Å². The van der Waals surface area contributed by atoms with Crippen LogP contribution in [0, 0.1) is 5.82 Å². The van der Waals surface area contributed by atoms with Crippen LogP contribution < -0.4 is 11.1 Å². The summed E-state index contributed by atoms with van der Waals surface area (Å²) in [5, 5.41) is 6.75. The Bertz CT molecular complexity index is 1100. The van der Waals surface area contributed by atoms with Gasteiger partial charge >= 0.3 is 0 Å². The van der Waals surface area contributed by atoms with Crippen LogP contribution in [0.1, 0.15) is 30.7 Å². The van der Waals surface area contributed by atoms with Gasteiger partial charge in [-0.05, 0) is 61.3 Å². The molecule has 0 radical (unpaired) electrons. The quantitative estimate of drug-likeness (QED) is 0.560. The van der Waals surface area contributed by atoms with Crippen LogP contribution in [-0.4, -0.2) is 39.4 Å². The van der Waals surface area contributed by atoms with E-state index in [-0.39, 0.29) is 36.5 Å². The van der Waals surface area contributed by atoms with Gasteiger partial charge in [0.1, 0.15) is 5.82 Å². The molecule has 3 aromatic rings. The van der Waals surface area contributed by atoms with Crippen molar-refractivity contribution in [2.24, 2.45) is 5.73 Å². The number of nitrogens with one attached hydrogen (secondary N) is 1. The third kappa shape index (κ3) is 5.36. The van der Waals surface area contributed by atoms with Crippen LogP contribution >= 0.6 is 0 Å². The summed E-state index contributed by atoms with van der Waals surface area (Å²) in [6.07, 6.45) is 2.19. The lowest BCUT2D eigenvalue weighted by molar-refractivity contribution is -0.122. The highest BCUT2D eigenvalue weighted by Crippen LogP contribution is 2.21. The van der Waals surface area contributed by atoms with Gasteiger partial charge in [0.2, 0.25) is 23.5 Å². The van der Waals surface area contributed by atoms with E-state index < -0.39 is 0 Å². The normalized spacial score (nSPS) is 16.2. The largest absolute Gasteiger partial charge is 0.368 e. The summed E-state index contributed by atoms with van der Waals surface area (Å²) in [6, 6.07) is 13.1. The number of benzene rings is 2. The molecule has 1 aliphatic heterocycles. The standard InChI is InChI=1S/C23H24FN5O3/c24-17-8-6-16(7-9-17)23-27-21(32-28-23)11-10-20(30)26-18-4-1-3-15(13-18)14-29-12-2-5-19(29)22(25)31/h1,3-4,6-9,13,19H,2,5,10-12,14H2,(H2,25,31)(H,26,30). The van der Waals surface area contributed by atoms with Crippen molar-refractivity contribution in [1.29, 1.82) is 0 Å². The van der Waals surface area contributed by atoms with E-state index in [4.69, 9.17) is 10.3 Å². The Kier molecular flexibility index (Phi) is 6.55. The summed E-state index contributed by atoms with van der Waals surface area (Å²) in [7, 11) is 0. The Labute approximate surface area is 184 Å². The molecule has 1 aliphatic rings. The van der Waals surface area contributed by atoms with E-state index in [9.17, 15) is 14.0 Å². The van der Waals surface area contributed by atoms with Gasteiger partial charge < -0.3 is 15.6 Å². The minimum atomic E-state index is -0.341. The minimum absolute atomic E-state index is 0.172. The molecule has 0 spiro atoms. The number of nitrogens with two attached hydrogens (primary N) is 1. The second-order valence-electron chi connectivity index (χ2n) is 7.80. The molecule has 166 valence electrons. The van der Waals surface area contributed by atoms with Crippen molar-refractivity contribution >= 4 is 17.5 Å². The van der Waals surface area contributed by atoms with Crippen LogP contribution in [0.3, 0.4) is 0 Å². The Morgan fingerprint density at radius 3 is 2.81 bits per heavy atom. The predicted molar refractivity (Wildman–Crippen MR) is 116 cm³/mol. The molecule has 1 unspecified atom stereocenters. The fourth-order valence-corrected chi connectivity index (χ4v) is 3.84. The van der Waals surface area contributed by atoms with E-state index in [2.05, 4.69) is 20.4 Å². The molecule has 1 fully saturated rings. The lowest BCUT2D eigenvalue weighted by atomic mass is 10.1. The van der Waals surface area contributed by atoms with E-state index in [0.29, 0.717) is 29.5 Å². The topological polar surface area (TPSA) is 114 Å². The minimum Gasteiger partial charge on any atom is -0.368 e. The highest BCUT2D eigenvalue weighted by molar-refractivity contribution is 5.90. The fraction of sp³-hybridized carbons (Fsp3) is 0.304. The van der Waals surface area contributed by atoms with Gasteiger partial charge in [0.15, 0.2) is 0 Å². The van der Waals surface area contributed by atoms with Crippen molar-refractivity contribution in [2.75, 3.05) is 11.9 Å². The molecule has 1 aromatic heterocycles. The zero-order valence-corrected chi connectivity index (χ0v) is 17.5. The van der Waals surface area contributed by atoms with Crippen LogP contribution in [0.5, 0.6) is 0 Å². The molecule has 1 atom stereocenters. The number of aryl methyl sites for hydroxylation is 1. The van der Waals surface area contributed by atoms with E-state index in [0.717, 1.165) is 24.9 Å². The number of carbonyl (C=O) groups excluding carboxylic acids is 2. The van der Waals surface area contributed by atoms with Crippen molar-refractivity contribution in [1.82, 2.24) is 15.0 Å². The Hall–Kier alpha value is -3.59. The summed E-state index contributed by atoms with van der Waals surface area (Å²) >= 11 is 0. The van der Waals surface area contributed by atoms with Gasteiger partial charge in [-0.15, -0.1) is 0 Å². The summed E-state index contributed by atoms with van der Waals surface area (Å²) in [5.41, 5.74) is 7.81. The maximum absolute atomic E-state index is 13.0. The summed E-state index contributed by atoms with van der Waals surface area (Å²) < 4.78 is 18.2. The first-order chi connectivity index (χ1) is 15.5. The number of anilines is 1. The molecule has 9 heteroatoms. The molecule has 32 heavy (non-hydrogen) atoms. The number of carbonyl (C=O) groups is 2. The molecule has 0 aliphatic carbocycles. The maximum Gasteiger partial charge on any atom is 0.234 e. The third-order valence-electron chi connectivity index (χ3n) is 5.42. The molecular formula is C23H24FN5O3. The average molecular weight is 437 g/mol. The highest BCUT2D eigenvalue weighted by atomic mass is 19.1. The van der Waals surface area contributed by atoms with Crippen LogP contribution in [0.4, 0.5) is 10.1 Å². The summed E-state index contributed by atoms with van der Waals surface area (Å²) in [4.78, 5) is 30.3. The first-order valence-electron chi connectivity index (χ1n) is 10.5. The number of halogens is 1. The zero-order chi connectivity index (χ0) is 22.5. The van der Waals surface area contributed by atoms with Gasteiger partial charge in [-0.25, -0.2) is 4.39 Å². The predicted octanol–water partition coefficient (Wildman–Crippen LogP) is 2.90. The molecule has 4 rings (SSSR count). The summed E-state index contributed by atoms with van der Waals surface area (Å²) in [6.45, 7) is 1.43. The van der Waals surface area contributed by atoms with Crippen LogP contribution in [-0.2, 0) is 22.6 Å². The van der Waals surface area contributed by atoms with E-state index >= 15 is 0 Å². The average Bonchev–Trinajstić information content (AvgIpc) is 3.43. The Morgan fingerprint density at radius 1 is 1.22 bits per heavy atom. The van der Waals surface area contributed by atoms with Crippen LogP contribution in [0.2, 0.25) is 0 Å². The Morgan fingerprint density at radius 2 is 2.03 bits per heavy atom. The Balaban J connectivity index is 1.30. The molecule has 2 aromatic carbocycles. The van der Waals surface area contributed by atoms with Crippen molar-refractivity contribution in [2.45, 2.75) is 38.3 Å². The van der Waals surface area contributed by atoms with Crippen molar-refractivity contribution < 1.29 is 18.5 Å². The number of rotatable bonds is 8. The zero-order valence-electron chi connectivity index (χ0n) is 17.5. The monoisotopic (exact) mass is 437 g/mol. The van der Waals surface area contributed by atoms with Gasteiger partial charge in [0.05, 0.1) is 6.04 Å². The third-order valence-corrected chi connectivity index (χ3v) is 5.42. The highest BCUT2D eigenvalue weighted by Gasteiger charge is 2.28. The second kappa shape index (κ2) is 9.69. The number of aromatic nitrogens is 2. The van der Waals surface area contributed by atoms with Crippen LogP contribution in [0.25, 0.3) is 11.4 Å². The van der Waals surface area contributed by atoms with Gasteiger partial charge in [-0.1, -0.05) is 17.3 Å². The van der Waals surface area contributed by atoms with Crippen molar-refractivity contribution in [3.63, 3.8) is 0 Å². The smallest absolute Gasteiger partial charge is 0.234 e. The number of amides is 2. The van der Waals surface area contributed by atoms with Crippen LogP contribution in [0.15, 0.2) is 53.1 Å². The molecular weight excluding hydrogens is 413 g/mol. The molecule has 1 saturated heterocycles. The van der Waals surface area contributed by atoms with E-state index in [1.54, 1.807) is 12.1 Å². The van der Waals surface area contributed by atoms with Crippen molar-refractivity contribution in [3.8, 4) is 11.4 Å². The van der Waals surface area contributed by atoms with Gasteiger partial charge in [0.25, 0.3) is 0 Å². The molecule has 0 saturated carbocycles. The second-order valence-corrected chi connectivity index (χ2v) is 7.80. The number of nitrogens with zero attached hydrogens (tertiary/aromatic N) is 3. The number of hydrogen-bond acceptors (Lipinski definition) is 6. The fourth-order valence-electron chi connectivity index (χ4n) is 3.84. The first-order valence-corrected chi connectivity index (χ1v) is 10.5. The lowest BCUT2D eigenvalue weighted by Crippen LogP contribution is -2.39. The number of likely N-dealkylation sites (tertiary alicyclic amines) is 1. The lowest BCUT2D eigenvalue weighted by Gasteiger charge is -2.22. The van der Waals surface area contributed by atoms with E-state index in [1.807, 2.05) is 24.3 Å².